The van der Waals surface area contributed by atoms with Crippen LogP contribution in [0.15, 0.2) is 0 Å². The molecule has 0 bridgehead atoms. The van der Waals surface area contributed by atoms with Gasteiger partial charge in [0.05, 0.1) is 0 Å². The maximum atomic E-state index is 11.3. The van der Waals surface area contributed by atoms with E-state index in [1.807, 2.05) is 6.92 Å². The monoisotopic (exact) mass is 167 g/mol. The summed E-state index contributed by atoms with van der Waals surface area (Å²) in [7, 11) is 0. The van der Waals surface area contributed by atoms with Gasteiger partial charge in [-0.15, -0.1) is 0 Å². The summed E-state index contributed by atoms with van der Waals surface area (Å²) in [6, 6.07) is 0. The van der Waals surface area contributed by atoms with Crippen molar-refractivity contribution in [1.82, 2.24) is 0 Å². The number of carbonyl (C=O) groups excluding carboxylic acids is 1. The first-order valence-corrected chi connectivity index (χ1v) is 4.40. The SMILES string of the molecule is CC1(C)CC(=O)CC(C)(C=N)C1. The van der Waals surface area contributed by atoms with Gasteiger partial charge in [-0.25, -0.2) is 0 Å². The van der Waals surface area contributed by atoms with Crippen molar-refractivity contribution in [2.75, 3.05) is 0 Å². The van der Waals surface area contributed by atoms with Gasteiger partial charge in [0.2, 0.25) is 0 Å². The highest BCUT2D eigenvalue weighted by Crippen LogP contribution is 2.42. The lowest BCUT2D eigenvalue weighted by atomic mass is 9.64. The molecule has 2 nitrogen and oxygen atoms in total. The molecule has 1 N–H and O–H groups in total. The molecule has 1 unspecified atom stereocenters. The quantitative estimate of drug-likeness (QED) is 0.599. The van der Waals surface area contributed by atoms with Gasteiger partial charge in [-0.1, -0.05) is 20.8 Å². The standard InChI is InChI=1S/C10H17NO/c1-9(2)4-8(12)5-10(3,6-9)7-11/h7,11H,4-6H2,1-3H3. The first-order chi connectivity index (χ1) is 5.37. The lowest BCUT2D eigenvalue weighted by Gasteiger charge is -2.39. The number of rotatable bonds is 1. The van der Waals surface area contributed by atoms with Crippen LogP contribution in [0.5, 0.6) is 0 Å². The van der Waals surface area contributed by atoms with Crippen molar-refractivity contribution < 1.29 is 4.79 Å². The van der Waals surface area contributed by atoms with Gasteiger partial charge >= 0.3 is 0 Å². The summed E-state index contributed by atoms with van der Waals surface area (Å²) in [5, 5.41) is 7.28. The van der Waals surface area contributed by atoms with E-state index in [-0.39, 0.29) is 10.8 Å². The molecule has 0 radical (unpaired) electrons. The van der Waals surface area contributed by atoms with Gasteiger partial charge < -0.3 is 5.41 Å². The van der Waals surface area contributed by atoms with Crippen LogP contribution in [0.25, 0.3) is 0 Å². The lowest BCUT2D eigenvalue weighted by Crippen LogP contribution is -2.36. The molecule has 0 aromatic rings. The number of nitrogens with one attached hydrogen (secondary N) is 1. The van der Waals surface area contributed by atoms with Crippen LogP contribution in [0.2, 0.25) is 0 Å². The van der Waals surface area contributed by atoms with Crippen molar-refractivity contribution in [1.29, 1.82) is 5.41 Å². The fourth-order valence-electron chi connectivity index (χ4n) is 2.37. The van der Waals surface area contributed by atoms with Crippen LogP contribution in [-0.4, -0.2) is 12.0 Å². The Balaban J connectivity index is 2.83. The molecule has 0 aromatic carbocycles. The third-order valence-corrected chi connectivity index (χ3v) is 2.51. The number of hydrogen-bond acceptors (Lipinski definition) is 2. The molecule has 68 valence electrons. The molecule has 0 amide bonds. The molecule has 1 fully saturated rings. The second-order valence-electron chi connectivity index (χ2n) is 5.03. The molecule has 0 spiro atoms. The Hall–Kier alpha value is -0.660. The minimum atomic E-state index is -0.182. The predicted octanol–water partition coefficient (Wildman–Crippen LogP) is 2.42. The van der Waals surface area contributed by atoms with E-state index in [4.69, 9.17) is 5.41 Å². The van der Waals surface area contributed by atoms with Gasteiger partial charge in [-0.3, -0.25) is 4.79 Å². The van der Waals surface area contributed by atoms with E-state index in [0.29, 0.717) is 18.6 Å². The average molecular weight is 167 g/mol. The van der Waals surface area contributed by atoms with E-state index in [0.717, 1.165) is 6.42 Å². The Labute approximate surface area is 73.9 Å². The van der Waals surface area contributed by atoms with Crippen molar-refractivity contribution in [2.45, 2.75) is 40.0 Å². The summed E-state index contributed by atoms with van der Waals surface area (Å²) in [5.74, 6) is 0.303. The topological polar surface area (TPSA) is 40.9 Å². The van der Waals surface area contributed by atoms with E-state index in [2.05, 4.69) is 13.8 Å². The van der Waals surface area contributed by atoms with Crippen molar-refractivity contribution in [3.8, 4) is 0 Å². The lowest BCUT2D eigenvalue weighted by molar-refractivity contribution is -0.125. The summed E-state index contributed by atoms with van der Waals surface area (Å²) < 4.78 is 0. The number of ketones is 1. The van der Waals surface area contributed by atoms with Gasteiger partial charge in [0, 0.05) is 24.5 Å². The molecule has 2 heteroatoms. The molecule has 0 heterocycles. The van der Waals surface area contributed by atoms with Crippen molar-refractivity contribution >= 4 is 12.0 Å². The zero-order chi connectivity index (χ0) is 9.41. The minimum Gasteiger partial charge on any atom is -0.313 e. The zero-order valence-corrected chi connectivity index (χ0v) is 8.11. The first kappa shape index (κ1) is 9.43. The Kier molecular flexibility index (Phi) is 2.11. The second-order valence-corrected chi connectivity index (χ2v) is 5.03. The Morgan fingerprint density at radius 2 is 1.92 bits per heavy atom. The van der Waals surface area contributed by atoms with Crippen LogP contribution < -0.4 is 0 Å². The smallest absolute Gasteiger partial charge is 0.134 e. The average Bonchev–Trinajstić information content (AvgIpc) is 1.82. The largest absolute Gasteiger partial charge is 0.313 e. The van der Waals surface area contributed by atoms with E-state index in [1.165, 1.54) is 6.21 Å². The van der Waals surface area contributed by atoms with Crippen LogP contribution in [0.3, 0.4) is 0 Å². The Morgan fingerprint density at radius 1 is 1.33 bits per heavy atom. The van der Waals surface area contributed by atoms with Gasteiger partial charge in [-0.05, 0) is 11.8 Å². The Morgan fingerprint density at radius 3 is 2.33 bits per heavy atom. The van der Waals surface area contributed by atoms with Crippen LogP contribution in [0.4, 0.5) is 0 Å². The summed E-state index contributed by atoms with van der Waals surface area (Å²) in [6.45, 7) is 6.20. The fraction of sp³-hybridized carbons (Fsp3) is 0.800. The molecule has 1 rings (SSSR count). The normalized spacial score (nSPS) is 34.8. The van der Waals surface area contributed by atoms with E-state index in [1.54, 1.807) is 0 Å². The molecule has 1 saturated carbocycles. The van der Waals surface area contributed by atoms with E-state index >= 15 is 0 Å². The zero-order valence-electron chi connectivity index (χ0n) is 8.11. The Bertz CT molecular complexity index is 220. The van der Waals surface area contributed by atoms with Gasteiger partial charge in [0.1, 0.15) is 5.78 Å². The summed E-state index contributed by atoms with van der Waals surface area (Å²) in [4.78, 5) is 11.3. The summed E-state index contributed by atoms with van der Waals surface area (Å²) >= 11 is 0. The molecule has 0 aliphatic heterocycles. The van der Waals surface area contributed by atoms with Crippen molar-refractivity contribution in [2.24, 2.45) is 10.8 Å². The maximum absolute atomic E-state index is 11.3. The molecule has 0 aromatic heterocycles. The summed E-state index contributed by atoms with van der Waals surface area (Å²) in [6.07, 6.45) is 3.62. The van der Waals surface area contributed by atoms with Crippen molar-refractivity contribution in [3.05, 3.63) is 0 Å². The molecular weight excluding hydrogens is 150 g/mol. The van der Waals surface area contributed by atoms with Gasteiger partial charge in [-0.2, -0.15) is 0 Å². The molecule has 0 saturated heterocycles. The molecule has 12 heavy (non-hydrogen) atoms. The molecule has 1 atom stereocenters. The van der Waals surface area contributed by atoms with Crippen LogP contribution in [0.1, 0.15) is 40.0 Å². The number of hydrogen-bond donors (Lipinski definition) is 1. The molecular formula is C10H17NO. The third kappa shape index (κ3) is 1.93. The molecule has 1 aliphatic carbocycles. The number of Topliss-reactive ketones (excluding diaryl/α,β-unsaturated/α-hetero) is 1. The van der Waals surface area contributed by atoms with E-state index in [9.17, 15) is 4.79 Å². The minimum absolute atomic E-state index is 0.0850. The van der Waals surface area contributed by atoms with E-state index < -0.39 is 0 Å². The highest BCUT2D eigenvalue weighted by atomic mass is 16.1. The highest BCUT2D eigenvalue weighted by molar-refractivity contribution is 5.84. The highest BCUT2D eigenvalue weighted by Gasteiger charge is 2.39. The van der Waals surface area contributed by atoms with Gasteiger partial charge in [0.15, 0.2) is 0 Å². The summed E-state index contributed by atoms with van der Waals surface area (Å²) in [5.41, 5.74) is -0.0968. The fourth-order valence-corrected chi connectivity index (χ4v) is 2.37. The van der Waals surface area contributed by atoms with Gasteiger partial charge in [0.25, 0.3) is 0 Å². The van der Waals surface area contributed by atoms with Crippen molar-refractivity contribution in [3.63, 3.8) is 0 Å². The predicted molar refractivity (Wildman–Crippen MR) is 49.5 cm³/mol. The first-order valence-electron chi connectivity index (χ1n) is 4.40. The van der Waals surface area contributed by atoms with Crippen LogP contribution >= 0.6 is 0 Å². The molecule has 1 aliphatic rings. The van der Waals surface area contributed by atoms with Crippen LogP contribution in [0, 0.1) is 16.2 Å². The second kappa shape index (κ2) is 2.68. The maximum Gasteiger partial charge on any atom is 0.134 e. The number of carbonyl (C=O) groups is 1. The van der Waals surface area contributed by atoms with Crippen LogP contribution in [-0.2, 0) is 4.79 Å². The third-order valence-electron chi connectivity index (χ3n) is 2.51.